The van der Waals surface area contributed by atoms with Gasteiger partial charge in [-0.3, -0.25) is 4.79 Å². The molecular weight excluding hydrogens is 326 g/mol. The van der Waals surface area contributed by atoms with Gasteiger partial charge in [0.05, 0.1) is 12.2 Å². The molecule has 0 aromatic heterocycles. The number of rotatable bonds is 8. The Kier molecular flexibility index (Phi) is 7.93. The largest absolute Gasteiger partial charge is 0.392 e. The summed E-state index contributed by atoms with van der Waals surface area (Å²) in [4.78, 5) is 10.8. The minimum atomic E-state index is -0.521. The summed E-state index contributed by atoms with van der Waals surface area (Å²) in [5.41, 5.74) is 6.62. The molecule has 0 unspecified atom stereocenters. The van der Waals surface area contributed by atoms with Gasteiger partial charge in [-0.05, 0) is 56.8 Å². The summed E-state index contributed by atoms with van der Waals surface area (Å²) in [6.45, 7) is 3.80. The smallest absolute Gasteiger partial charge is 0.217 e. The van der Waals surface area contributed by atoms with Gasteiger partial charge in [-0.2, -0.15) is 0 Å². The first-order valence-corrected chi connectivity index (χ1v) is 9.82. The topological polar surface area (TPSA) is 83.5 Å². The lowest BCUT2D eigenvalue weighted by Crippen LogP contribution is -2.19. The normalized spacial score (nSPS) is 31.6. The van der Waals surface area contributed by atoms with Gasteiger partial charge in [0, 0.05) is 18.8 Å². The molecule has 0 heterocycles. The van der Waals surface area contributed by atoms with E-state index < -0.39 is 6.10 Å². The molecule has 0 aliphatic heterocycles. The Hall–Kier alpha value is -1.57. The highest BCUT2D eigenvalue weighted by Gasteiger charge is 2.44. The van der Waals surface area contributed by atoms with Crippen LogP contribution in [0.5, 0.6) is 0 Å². The average molecular weight is 360 g/mol. The Morgan fingerprint density at radius 1 is 1.42 bits per heavy atom. The maximum absolute atomic E-state index is 10.8. The molecule has 4 nitrogen and oxygen atoms in total. The summed E-state index contributed by atoms with van der Waals surface area (Å²) in [7, 11) is 0. The zero-order chi connectivity index (χ0) is 19.1. The molecule has 0 saturated heterocycles. The van der Waals surface area contributed by atoms with Gasteiger partial charge in [-0.25, -0.2) is 0 Å². The van der Waals surface area contributed by atoms with Gasteiger partial charge < -0.3 is 15.9 Å². The maximum atomic E-state index is 10.8. The van der Waals surface area contributed by atoms with E-state index in [2.05, 4.69) is 17.9 Å². The van der Waals surface area contributed by atoms with E-state index in [1.54, 1.807) is 0 Å². The number of aliphatic hydroxyl groups is 2. The van der Waals surface area contributed by atoms with Crippen LogP contribution < -0.4 is 5.73 Å². The first-order chi connectivity index (χ1) is 12.4. The number of fused-ring (bicyclic) bond motifs is 1. The van der Waals surface area contributed by atoms with E-state index in [1.807, 2.05) is 26.0 Å². The number of carbonyl (C=O) groups excluding carboxylic acids is 1. The molecule has 0 aromatic carbocycles. The van der Waals surface area contributed by atoms with Crippen molar-refractivity contribution >= 4 is 5.91 Å². The summed E-state index contributed by atoms with van der Waals surface area (Å²) in [6.07, 6.45) is 11.1. The van der Waals surface area contributed by atoms with Crippen LogP contribution in [-0.4, -0.2) is 28.3 Å². The third-order valence-corrected chi connectivity index (χ3v) is 5.89. The molecule has 0 radical (unpaired) electrons. The van der Waals surface area contributed by atoms with Gasteiger partial charge in [0.15, 0.2) is 0 Å². The van der Waals surface area contributed by atoms with Gasteiger partial charge >= 0.3 is 0 Å². The van der Waals surface area contributed by atoms with Crippen LogP contribution in [0.3, 0.4) is 0 Å². The van der Waals surface area contributed by atoms with Crippen molar-refractivity contribution in [2.75, 3.05) is 0 Å². The second-order valence-electron chi connectivity index (χ2n) is 7.92. The summed E-state index contributed by atoms with van der Waals surface area (Å²) < 4.78 is 0. The lowest BCUT2D eigenvalue weighted by Gasteiger charge is -2.19. The number of carbonyl (C=O) groups is 1. The summed E-state index contributed by atoms with van der Waals surface area (Å²) in [6, 6.07) is 0. The van der Waals surface area contributed by atoms with Crippen molar-refractivity contribution in [3.05, 3.63) is 23.8 Å². The van der Waals surface area contributed by atoms with Gasteiger partial charge in [0.2, 0.25) is 5.91 Å². The highest BCUT2D eigenvalue weighted by atomic mass is 16.3. The quantitative estimate of drug-likeness (QED) is 0.354. The fraction of sp³-hybridized carbons (Fsp3) is 0.682. The molecule has 4 heteroatoms. The standard InChI is InChI=1S/C22H33NO3/c1-3-4-7-15(2)20(24)11-10-18-19-13-16(8-5-6-9-22(23)26)12-17(19)14-21(18)25/h8,10-11,15,17-21,24-25H,5-7,9,12-14H2,1-2H3,(H2,23,26)/t15-,17-,18+,19-,20+,21+/m0/s1. The van der Waals surface area contributed by atoms with Crippen molar-refractivity contribution in [2.45, 2.75) is 71.0 Å². The number of hydrogen-bond donors (Lipinski definition) is 3. The molecule has 26 heavy (non-hydrogen) atoms. The van der Waals surface area contributed by atoms with Crippen molar-refractivity contribution in [3.8, 4) is 11.8 Å². The molecule has 2 aliphatic rings. The predicted octanol–water partition coefficient (Wildman–Crippen LogP) is 2.94. The lowest BCUT2D eigenvalue weighted by molar-refractivity contribution is -0.118. The van der Waals surface area contributed by atoms with E-state index in [0.29, 0.717) is 24.7 Å². The molecule has 0 bridgehead atoms. The number of aliphatic hydroxyl groups excluding tert-OH is 2. The zero-order valence-corrected chi connectivity index (χ0v) is 16.0. The Morgan fingerprint density at radius 2 is 2.19 bits per heavy atom. The summed E-state index contributed by atoms with van der Waals surface area (Å²) >= 11 is 0. The highest BCUT2D eigenvalue weighted by Crippen LogP contribution is 2.50. The number of unbranched alkanes of at least 4 members (excludes halogenated alkanes) is 1. The maximum Gasteiger partial charge on any atom is 0.217 e. The van der Waals surface area contributed by atoms with E-state index in [4.69, 9.17) is 5.73 Å². The van der Waals surface area contributed by atoms with Crippen molar-refractivity contribution < 1.29 is 15.0 Å². The Bertz CT molecular complexity index is 598. The monoisotopic (exact) mass is 359 g/mol. The van der Waals surface area contributed by atoms with Crippen molar-refractivity contribution in [1.29, 1.82) is 0 Å². The van der Waals surface area contributed by atoms with Gasteiger partial charge in [0.25, 0.3) is 0 Å². The molecule has 144 valence electrons. The van der Waals surface area contributed by atoms with Crippen LogP contribution in [0.1, 0.15) is 58.8 Å². The minimum absolute atomic E-state index is 0.0948. The zero-order valence-electron chi connectivity index (χ0n) is 16.0. The van der Waals surface area contributed by atoms with Crippen LogP contribution in [0.15, 0.2) is 23.8 Å². The fourth-order valence-electron chi connectivity index (χ4n) is 4.34. The van der Waals surface area contributed by atoms with Crippen LogP contribution in [0.2, 0.25) is 0 Å². The fourth-order valence-corrected chi connectivity index (χ4v) is 4.34. The molecule has 4 N–H and O–H groups in total. The number of allylic oxidation sites excluding steroid dienone is 2. The van der Waals surface area contributed by atoms with Crippen LogP contribution >= 0.6 is 0 Å². The molecule has 0 aromatic rings. The first-order valence-electron chi connectivity index (χ1n) is 9.82. The van der Waals surface area contributed by atoms with Crippen LogP contribution in [0.4, 0.5) is 0 Å². The number of primary amides is 1. The number of amides is 1. The second-order valence-corrected chi connectivity index (χ2v) is 7.92. The number of nitrogens with two attached hydrogens (primary N) is 1. The highest BCUT2D eigenvalue weighted by molar-refractivity contribution is 5.73. The van der Waals surface area contributed by atoms with E-state index >= 15 is 0 Å². The Balaban J connectivity index is 1.89. The van der Waals surface area contributed by atoms with Gasteiger partial charge in [-0.1, -0.05) is 30.7 Å². The van der Waals surface area contributed by atoms with E-state index in [-0.39, 0.29) is 23.8 Å². The van der Waals surface area contributed by atoms with E-state index in [9.17, 15) is 15.0 Å². The molecular formula is C22H33NO3. The molecule has 6 atom stereocenters. The van der Waals surface area contributed by atoms with Gasteiger partial charge in [-0.15, -0.1) is 11.8 Å². The second kappa shape index (κ2) is 9.94. The van der Waals surface area contributed by atoms with E-state index in [1.165, 1.54) is 5.57 Å². The summed E-state index contributed by atoms with van der Waals surface area (Å²) in [5.74, 6) is 6.84. The third kappa shape index (κ3) is 5.72. The molecule has 2 rings (SSSR count). The number of hydrogen-bond acceptors (Lipinski definition) is 3. The van der Waals surface area contributed by atoms with Crippen LogP contribution in [-0.2, 0) is 4.79 Å². The first kappa shape index (κ1) is 20.7. The SMILES string of the molecule is CC#CC[C@H](C)[C@H](O)C=C[C@@H]1[C@H]2CC(=CCCCC(N)=O)C[C@H]2C[C@H]1O. The predicted molar refractivity (Wildman–Crippen MR) is 104 cm³/mol. The molecule has 0 spiro atoms. The van der Waals surface area contributed by atoms with E-state index in [0.717, 1.165) is 32.1 Å². The molecule has 1 amide bonds. The molecule has 2 fully saturated rings. The van der Waals surface area contributed by atoms with Crippen molar-refractivity contribution in [2.24, 2.45) is 29.4 Å². The third-order valence-electron chi connectivity index (χ3n) is 5.89. The minimum Gasteiger partial charge on any atom is -0.392 e. The Labute approximate surface area is 157 Å². The van der Waals surface area contributed by atoms with Gasteiger partial charge in [0.1, 0.15) is 0 Å². The molecule has 2 aliphatic carbocycles. The van der Waals surface area contributed by atoms with Crippen molar-refractivity contribution in [1.82, 2.24) is 0 Å². The Morgan fingerprint density at radius 3 is 2.88 bits per heavy atom. The van der Waals surface area contributed by atoms with Crippen molar-refractivity contribution in [3.63, 3.8) is 0 Å². The molecule has 2 saturated carbocycles. The lowest BCUT2D eigenvalue weighted by atomic mass is 9.89. The van der Waals surface area contributed by atoms with Crippen LogP contribution in [0, 0.1) is 35.5 Å². The van der Waals surface area contributed by atoms with Crippen LogP contribution in [0.25, 0.3) is 0 Å². The summed E-state index contributed by atoms with van der Waals surface area (Å²) in [5, 5.41) is 20.7. The average Bonchev–Trinajstić information content (AvgIpc) is 3.10.